The molecule has 0 amide bonds. The summed E-state index contributed by atoms with van der Waals surface area (Å²) in [4.78, 5) is 15.9. The summed E-state index contributed by atoms with van der Waals surface area (Å²) in [5.74, 6) is -0.815. The van der Waals surface area contributed by atoms with Crippen LogP contribution in [-0.4, -0.2) is 29.1 Å². The Balaban J connectivity index is 1.60. The van der Waals surface area contributed by atoms with Crippen molar-refractivity contribution in [3.63, 3.8) is 0 Å². The molecule has 0 bridgehead atoms. The minimum atomic E-state index is -0.652. The zero-order chi connectivity index (χ0) is 15.5. The highest BCUT2D eigenvalue weighted by Crippen LogP contribution is 2.30. The van der Waals surface area contributed by atoms with Crippen LogP contribution in [0.4, 0.5) is 0 Å². The topological polar surface area (TPSA) is 40.5 Å². The molecule has 0 radical (unpaired) electrons. The van der Waals surface area contributed by atoms with Crippen molar-refractivity contribution in [3.8, 4) is 10.4 Å². The van der Waals surface area contributed by atoms with Crippen molar-refractivity contribution in [2.75, 3.05) is 13.1 Å². The van der Waals surface area contributed by atoms with Gasteiger partial charge in [-0.05, 0) is 55.8 Å². The number of nitrogens with zero attached hydrogens (tertiary/aromatic N) is 1. The minimum absolute atomic E-state index is 0.163. The van der Waals surface area contributed by atoms with Crippen molar-refractivity contribution in [2.45, 2.75) is 19.4 Å². The van der Waals surface area contributed by atoms with Crippen LogP contribution in [0.2, 0.25) is 5.02 Å². The third kappa shape index (κ3) is 3.69. The molecular formula is C17H18ClNO2S. The van der Waals surface area contributed by atoms with Gasteiger partial charge in [-0.15, -0.1) is 11.3 Å². The zero-order valence-electron chi connectivity index (χ0n) is 12.2. The number of piperidine rings is 1. The van der Waals surface area contributed by atoms with E-state index in [0.29, 0.717) is 0 Å². The summed E-state index contributed by atoms with van der Waals surface area (Å²) in [6.07, 6.45) is 1.51. The number of aliphatic carboxylic acids is 1. The molecule has 0 atom stereocenters. The average molecular weight is 336 g/mol. The Morgan fingerprint density at radius 2 is 1.86 bits per heavy atom. The van der Waals surface area contributed by atoms with Crippen molar-refractivity contribution in [1.82, 2.24) is 4.90 Å². The molecule has 116 valence electrons. The molecule has 1 fully saturated rings. The third-order valence-corrected chi connectivity index (χ3v) is 5.48. The van der Waals surface area contributed by atoms with Crippen LogP contribution in [0.5, 0.6) is 0 Å². The molecule has 2 heterocycles. The molecule has 1 aromatic carbocycles. The van der Waals surface area contributed by atoms with Gasteiger partial charge in [0, 0.05) is 21.3 Å². The smallest absolute Gasteiger partial charge is 0.306 e. The lowest BCUT2D eigenvalue weighted by atomic mass is 9.97. The Hall–Kier alpha value is -1.36. The van der Waals surface area contributed by atoms with E-state index in [1.807, 2.05) is 24.3 Å². The number of rotatable bonds is 4. The fraction of sp³-hybridized carbons (Fsp3) is 0.353. The summed E-state index contributed by atoms with van der Waals surface area (Å²) in [6, 6.07) is 12.2. The van der Waals surface area contributed by atoms with Gasteiger partial charge in [-0.3, -0.25) is 9.69 Å². The van der Waals surface area contributed by atoms with Gasteiger partial charge in [0.25, 0.3) is 0 Å². The van der Waals surface area contributed by atoms with Gasteiger partial charge in [0.15, 0.2) is 0 Å². The first-order valence-electron chi connectivity index (χ1n) is 7.41. The predicted octanol–water partition coefficient (Wildman–Crippen LogP) is 4.37. The van der Waals surface area contributed by atoms with E-state index in [0.717, 1.165) is 37.5 Å². The fourth-order valence-electron chi connectivity index (χ4n) is 2.79. The zero-order valence-corrected chi connectivity index (χ0v) is 13.7. The Kier molecular flexibility index (Phi) is 4.81. The van der Waals surface area contributed by atoms with Gasteiger partial charge in [-0.25, -0.2) is 0 Å². The van der Waals surface area contributed by atoms with Crippen LogP contribution in [0.25, 0.3) is 10.4 Å². The normalized spacial score (nSPS) is 16.8. The molecule has 1 aliphatic heterocycles. The average Bonchev–Trinajstić information content (AvgIpc) is 2.97. The number of carbonyl (C=O) groups is 1. The van der Waals surface area contributed by atoms with Crippen LogP contribution in [0.3, 0.4) is 0 Å². The minimum Gasteiger partial charge on any atom is -0.481 e. The van der Waals surface area contributed by atoms with Crippen molar-refractivity contribution < 1.29 is 9.90 Å². The number of carboxylic acids is 1. The number of likely N-dealkylation sites (tertiary alicyclic amines) is 1. The lowest BCUT2D eigenvalue weighted by Gasteiger charge is -2.29. The fourth-order valence-corrected chi connectivity index (χ4v) is 3.97. The van der Waals surface area contributed by atoms with Gasteiger partial charge >= 0.3 is 5.97 Å². The van der Waals surface area contributed by atoms with Gasteiger partial charge in [-0.2, -0.15) is 0 Å². The maximum atomic E-state index is 11.0. The first-order valence-corrected chi connectivity index (χ1v) is 8.61. The Labute approximate surface area is 139 Å². The summed E-state index contributed by atoms with van der Waals surface area (Å²) in [7, 11) is 0. The summed E-state index contributed by atoms with van der Waals surface area (Å²) in [6.45, 7) is 2.64. The second-order valence-electron chi connectivity index (χ2n) is 5.66. The van der Waals surface area contributed by atoms with Crippen LogP contribution < -0.4 is 0 Å². The largest absolute Gasteiger partial charge is 0.481 e. The number of hydrogen-bond donors (Lipinski definition) is 1. The van der Waals surface area contributed by atoms with E-state index in [-0.39, 0.29) is 5.92 Å². The number of thiophene rings is 1. The van der Waals surface area contributed by atoms with Crippen LogP contribution in [0, 0.1) is 5.92 Å². The molecule has 3 rings (SSSR count). The molecule has 1 aromatic heterocycles. The molecule has 3 nitrogen and oxygen atoms in total. The second kappa shape index (κ2) is 6.82. The Morgan fingerprint density at radius 3 is 2.50 bits per heavy atom. The molecule has 5 heteroatoms. The van der Waals surface area contributed by atoms with E-state index >= 15 is 0 Å². The summed E-state index contributed by atoms with van der Waals surface area (Å²) in [5.41, 5.74) is 1.19. The highest BCUT2D eigenvalue weighted by atomic mass is 35.5. The first-order chi connectivity index (χ1) is 10.6. The number of halogens is 1. The van der Waals surface area contributed by atoms with Crippen LogP contribution in [0.15, 0.2) is 36.4 Å². The van der Waals surface area contributed by atoms with Gasteiger partial charge in [0.2, 0.25) is 0 Å². The van der Waals surface area contributed by atoms with Gasteiger partial charge in [0.1, 0.15) is 0 Å². The maximum absolute atomic E-state index is 11.0. The summed E-state index contributed by atoms with van der Waals surface area (Å²) >= 11 is 7.71. The lowest BCUT2D eigenvalue weighted by Crippen LogP contribution is -2.35. The van der Waals surface area contributed by atoms with Crippen molar-refractivity contribution in [1.29, 1.82) is 0 Å². The first kappa shape index (κ1) is 15.5. The monoisotopic (exact) mass is 335 g/mol. The molecule has 1 N–H and O–H groups in total. The molecular weight excluding hydrogens is 318 g/mol. The van der Waals surface area contributed by atoms with E-state index in [2.05, 4.69) is 17.0 Å². The van der Waals surface area contributed by atoms with Gasteiger partial charge in [0.05, 0.1) is 5.92 Å². The van der Waals surface area contributed by atoms with Gasteiger partial charge < -0.3 is 5.11 Å². The molecule has 1 saturated heterocycles. The molecule has 22 heavy (non-hydrogen) atoms. The SMILES string of the molecule is O=C(O)C1CCN(Cc2ccc(-c3ccc(Cl)cc3)s2)CC1. The maximum Gasteiger partial charge on any atom is 0.306 e. The second-order valence-corrected chi connectivity index (χ2v) is 7.27. The van der Waals surface area contributed by atoms with E-state index in [1.165, 1.54) is 15.3 Å². The van der Waals surface area contributed by atoms with E-state index in [1.54, 1.807) is 11.3 Å². The van der Waals surface area contributed by atoms with E-state index in [9.17, 15) is 4.79 Å². The molecule has 0 saturated carbocycles. The van der Waals surface area contributed by atoms with Gasteiger partial charge in [-0.1, -0.05) is 23.7 Å². The van der Waals surface area contributed by atoms with E-state index in [4.69, 9.17) is 16.7 Å². The summed E-state index contributed by atoms with van der Waals surface area (Å²) < 4.78 is 0. The highest BCUT2D eigenvalue weighted by Gasteiger charge is 2.24. The van der Waals surface area contributed by atoms with Crippen LogP contribution in [0.1, 0.15) is 17.7 Å². The predicted molar refractivity (Wildman–Crippen MR) is 90.4 cm³/mol. The molecule has 1 aliphatic rings. The Morgan fingerprint density at radius 1 is 1.18 bits per heavy atom. The van der Waals surface area contributed by atoms with Crippen LogP contribution >= 0.6 is 22.9 Å². The number of hydrogen-bond acceptors (Lipinski definition) is 3. The van der Waals surface area contributed by atoms with E-state index < -0.39 is 5.97 Å². The number of benzene rings is 1. The standard InChI is InChI=1S/C17H18ClNO2S/c18-14-3-1-12(2-4-14)16-6-5-15(22-16)11-19-9-7-13(8-10-19)17(20)21/h1-6,13H,7-11H2,(H,20,21). The van der Waals surface area contributed by atoms with Crippen LogP contribution in [-0.2, 0) is 11.3 Å². The molecule has 0 aliphatic carbocycles. The lowest BCUT2D eigenvalue weighted by molar-refractivity contribution is -0.143. The number of carboxylic acid groups (broad SMARTS) is 1. The van der Waals surface area contributed by atoms with Crippen molar-refractivity contribution >= 4 is 28.9 Å². The van der Waals surface area contributed by atoms with Crippen molar-refractivity contribution in [3.05, 3.63) is 46.3 Å². The Bertz CT molecular complexity index is 645. The molecule has 0 unspecified atom stereocenters. The third-order valence-electron chi connectivity index (χ3n) is 4.11. The highest BCUT2D eigenvalue weighted by molar-refractivity contribution is 7.15. The van der Waals surface area contributed by atoms with Crippen molar-refractivity contribution in [2.24, 2.45) is 5.92 Å². The molecule has 2 aromatic rings. The molecule has 0 spiro atoms. The summed E-state index contributed by atoms with van der Waals surface area (Å²) in [5, 5.41) is 9.79. The quantitative estimate of drug-likeness (QED) is 0.902.